The van der Waals surface area contributed by atoms with Crippen molar-refractivity contribution >= 4 is 17.3 Å². The molecule has 26 heavy (non-hydrogen) atoms. The minimum atomic E-state index is -4.77. The second kappa shape index (κ2) is 6.78. The van der Waals surface area contributed by atoms with Crippen LogP contribution in [0.4, 0.5) is 24.5 Å². The SMILES string of the molecule is Cc1ccc(NC(=O)C2CNc3cc(OC(F)(F)F)ccc3O2)c(C)c1. The van der Waals surface area contributed by atoms with E-state index >= 15 is 0 Å². The number of halogens is 3. The Morgan fingerprint density at radius 2 is 2.00 bits per heavy atom. The molecule has 2 aromatic carbocycles. The Kier molecular flexibility index (Phi) is 4.67. The van der Waals surface area contributed by atoms with Crippen molar-refractivity contribution < 1.29 is 27.4 Å². The molecular weight excluding hydrogens is 349 g/mol. The predicted octanol–water partition coefficient (Wildman–Crippen LogP) is 4.01. The van der Waals surface area contributed by atoms with Crippen molar-refractivity contribution in [1.29, 1.82) is 0 Å². The molecule has 1 unspecified atom stereocenters. The molecule has 0 fully saturated rings. The number of anilines is 2. The number of aryl methyl sites for hydroxylation is 2. The fourth-order valence-corrected chi connectivity index (χ4v) is 2.66. The maximum absolute atomic E-state index is 12.4. The van der Waals surface area contributed by atoms with Crippen molar-refractivity contribution in [2.45, 2.75) is 26.3 Å². The van der Waals surface area contributed by atoms with Gasteiger partial charge in [0, 0.05) is 11.8 Å². The van der Waals surface area contributed by atoms with Crippen molar-refractivity contribution in [3.63, 3.8) is 0 Å². The Hall–Kier alpha value is -2.90. The van der Waals surface area contributed by atoms with Crippen LogP contribution in [0.5, 0.6) is 11.5 Å². The Morgan fingerprint density at radius 1 is 1.23 bits per heavy atom. The van der Waals surface area contributed by atoms with E-state index < -0.39 is 12.5 Å². The van der Waals surface area contributed by atoms with Gasteiger partial charge in [-0.3, -0.25) is 4.79 Å². The summed E-state index contributed by atoms with van der Waals surface area (Å²) in [5.74, 6) is -0.414. The molecule has 1 atom stereocenters. The molecule has 5 nitrogen and oxygen atoms in total. The molecule has 0 bridgehead atoms. The minimum Gasteiger partial charge on any atom is -0.477 e. The van der Waals surface area contributed by atoms with Crippen molar-refractivity contribution in [2.75, 3.05) is 17.2 Å². The first kappa shape index (κ1) is 17.9. The highest BCUT2D eigenvalue weighted by Gasteiger charge is 2.32. The third-order valence-electron chi connectivity index (χ3n) is 3.86. The highest BCUT2D eigenvalue weighted by atomic mass is 19.4. The standard InChI is InChI=1S/C18H17F3N2O3/c1-10-3-5-13(11(2)7-10)23-17(24)16-9-22-14-8-12(26-18(19,20)21)4-6-15(14)25-16/h3-8,16,22H,9H2,1-2H3,(H,23,24). The fourth-order valence-electron chi connectivity index (χ4n) is 2.66. The second-order valence-corrected chi connectivity index (χ2v) is 6.00. The van der Waals surface area contributed by atoms with E-state index in [4.69, 9.17) is 4.74 Å². The van der Waals surface area contributed by atoms with Gasteiger partial charge in [0.1, 0.15) is 11.5 Å². The summed E-state index contributed by atoms with van der Waals surface area (Å²) in [6.45, 7) is 3.97. The van der Waals surface area contributed by atoms with Crippen LogP contribution < -0.4 is 20.1 Å². The molecule has 1 heterocycles. The Bertz CT molecular complexity index is 837. The Morgan fingerprint density at radius 3 is 2.69 bits per heavy atom. The number of alkyl halides is 3. The third-order valence-corrected chi connectivity index (χ3v) is 3.86. The molecule has 1 aliphatic heterocycles. The second-order valence-electron chi connectivity index (χ2n) is 6.00. The molecule has 0 spiro atoms. The molecule has 2 aromatic rings. The van der Waals surface area contributed by atoms with E-state index in [1.54, 1.807) is 0 Å². The lowest BCUT2D eigenvalue weighted by molar-refractivity contribution is -0.274. The van der Waals surface area contributed by atoms with Crippen molar-refractivity contribution in [2.24, 2.45) is 0 Å². The minimum absolute atomic E-state index is 0.124. The van der Waals surface area contributed by atoms with Crippen LogP contribution in [0.3, 0.4) is 0 Å². The molecule has 1 aliphatic rings. The largest absolute Gasteiger partial charge is 0.573 e. The topological polar surface area (TPSA) is 59.6 Å². The summed E-state index contributed by atoms with van der Waals surface area (Å²) in [5.41, 5.74) is 3.03. The summed E-state index contributed by atoms with van der Waals surface area (Å²) in [4.78, 5) is 12.4. The van der Waals surface area contributed by atoms with Crippen molar-refractivity contribution in [3.05, 3.63) is 47.5 Å². The van der Waals surface area contributed by atoms with Gasteiger partial charge in [0.25, 0.3) is 5.91 Å². The summed E-state index contributed by atoms with van der Waals surface area (Å²) in [6, 6.07) is 9.31. The van der Waals surface area contributed by atoms with Gasteiger partial charge >= 0.3 is 6.36 Å². The van der Waals surface area contributed by atoms with Gasteiger partial charge in [0.05, 0.1) is 12.2 Å². The first-order valence-corrected chi connectivity index (χ1v) is 7.90. The summed E-state index contributed by atoms with van der Waals surface area (Å²) in [5, 5.41) is 5.70. The van der Waals surface area contributed by atoms with Crippen LogP contribution in [0.2, 0.25) is 0 Å². The lowest BCUT2D eigenvalue weighted by Crippen LogP contribution is -2.41. The molecule has 0 saturated heterocycles. The normalized spacial score (nSPS) is 16.1. The van der Waals surface area contributed by atoms with E-state index in [2.05, 4.69) is 15.4 Å². The zero-order chi connectivity index (χ0) is 18.9. The summed E-state index contributed by atoms with van der Waals surface area (Å²) in [7, 11) is 0. The molecule has 1 amide bonds. The number of carbonyl (C=O) groups is 1. The molecule has 0 radical (unpaired) electrons. The number of benzene rings is 2. The van der Waals surface area contributed by atoms with Crippen LogP contribution in [0.1, 0.15) is 11.1 Å². The van der Waals surface area contributed by atoms with E-state index in [0.29, 0.717) is 11.4 Å². The molecule has 0 aliphatic carbocycles. The first-order chi connectivity index (χ1) is 12.2. The monoisotopic (exact) mass is 366 g/mol. The van der Waals surface area contributed by atoms with Crippen LogP contribution in [0.15, 0.2) is 36.4 Å². The van der Waals surface area contributed by atoms with Gasteiger partial charge in [-0.25, -0.2) is 0 Å². The number of hydrogen-bond donors (Lipinski definition) is 2. The average molecular weight is 366 g/mol. The molecule has 0 aromatic heterocycles. The fraction of sp³-hybridized carbons (Fsp3) is 0.278. The highest BCUT2D eigenvalue weighted by molar-refractivity contribution is 5.96. The zero-order valence-electron chi connectivity index (χ0n) is 14.1. The van der Waals surface area contributed by atoms with Crippen LogP contribution in [-0.4, -0.2) is 24.9 Å². The van der Waals surface area contributed by atoms with Gasteiger partial charge < -0.3 is 20.1 Å². The van der Waals surface area contributed by atoms with Gasteiger partial charge in [0.15, 0.2) is 6.10 Å². The number of hydrogen-bond acceptors (Lipinski definition) is 4. The lowest BCUT2D eigenvalue weighted by Gasteiger charge is -2.27. The van der Waals surface area contributed by atoms with Crippen LogP contribution in [0.25, 0.3) is 0 Å². The number of amides is 1. The van der Waals surface area contributed by atoms with Gasteiger partial charge in [0.2, 0.25) is 0 Å². The summed E-state index contributed by atoms with van der Waals surface area (Å²) >= 11 is 0. The number of carbonyl (C=O) groups excluding carboxylic acids is 1. The van der Waals surface area contributed by atoms with E-state index in [0.717, 1.165) is 17.2 Å². The van der Waals surface area contributed by atoms with Gasteiger partial charge in [-0.05, 0) is 37.6 Å². The van der Waals surface area contributed by atoms with E-state index in [9.17, 15) is 18.0 Å². The number of fused-ring (bicyclic) bond motifs is 1. The molecule has 138 valence electrons. The molecule has 2 N–H and O–H groups in total. The van der Waals surface area contributed by atoms with Gasteiger partial charge in [-0.15, -0.1) is 13.2 Å². The lowest BCUT2D eigenvalue weighted by atomic mass is 10.1. The van der Waals surface area contributed by atoms with Crippen LogP contribution >= 0.6 is 0 Å². The van der Waals surface area contributed by atoms with Gasteiger partial charge in [-0.1, -0.05) is 17.7 Å². The smallest absolute Gasteiger partial charge is 0.477 e. The molecule has 0 saturated carbocycles. The number of rotatable bonds is 3. The number of nitrogens with one attached hydrogen (secondary N) is 2. The quantitative estimate of drug-likeness (QED) is 0.862. The van der Waals surface area contributed by atoms with E-state index in [-0.39, 0.29) is 24.0 Å². The van der Waals surface area contributed by atoms with Gasteiger partial charge in [-0.2, -0.15) is 0 Å². The van der Waals surface area contributed by atoms with E-state index in [1.807, 2.05) is 32.0 Å². The summed E-state index contributed by atoms with van der Waals surface area (Å²) < 4.78 is 46.3. The Balaban J connectivity index is 1.69. The maximum atomic E-state index is 12.4. The third kappa shape index (κ3) is 4.19. The molecular formula is C18H17F3N2O3. The van der Waals surface area contributed by atoms with Crippen LogP contribution in [0, 0.1) is 13.8 Å². The highest BCUT2D eigenvalue weighted by Crippen LogP contribution is 2.34. The predicted molar refractivity (Wildman–Crippen MR) is 90.6 cm³/mol. The average Bonchev–Trinajstić information content (AvgIpc) is 2.55. The van der Waals surface area contributed by atoms with E-state index in [1.165, 1.54) is 12.1 Å². The summed E-state index contributed by atoms with van der Waals surface area (Å²) in [6.07, 6.45) is -5.57. The number of ether oxygens (including phenoxy) is 2. The maximum Gasteiger partial charge on any atom is 0.573 e. The zero-order valence-corrected chi connectivity index (χ0v) is 14.1. The first-order valence-electron chi connectivity index (χ1n) is 7.90. The van der Waals surface area contributed by atoms with Crippen molar-refractivity contribution in [1.82, 2.24) is 0 Å². The van der Waals surface area contributed by atoms with Crippen LogP contribution in [-0.2, 0) is 4.79 Å². The molecule has 3 rings (SSSR count). The molecule has 8 heteroatoms. The Labute approximate surface area is 148 Å². The van der Waals surface area contributed by atoms with Crippen molar-refractivity contribution in [3.8, 4) is 11.5 Å².